The van der Waals surface area contributed by atoms with Gasteiger partial charge in [0.15, 0.2) is 0 Å². The van der Waals surface area contributed by atoms with E-state index in [2.05, 4.69) is 71.8 Å². The first-order valence-corrected chi connectivity index (χ1v) is 34.3. The third-order valence-electron chi connectivity index (χ3n) is 15.8. The molecule has 0 saturated carbocycles. The van der Waals surface area contributed by atoms with Gasteiger partial charge in [-0.2, -0.15) is 0 Å². The summed E-state index contributed by atoms with van der Waals surface area (Å²) in [5.74, 6) is 0.754. The number of nitrogens with one attached hydrogen (secondary N) is 6. The molecule has 0 aliphatic heterocycles. The molecular weight excluding hydrogens is 1330 g/mol. The predicted octanol–water partition coefficient (Wildman–Crippen LogP) is 16.2. The van der Waals surface area contributed by atoms with Gasteiger partial charge in [-0.3, -0.25) is 43.7 Å². The van der Waals surface area contributed by atoms with Crippen molar-refractivity contribution in [2.45, 2.75) is 66.2 Å². The van der Waals surface area contributed by atoms with Crippen molar-refractivity contribution in [3.8, 4) is 33.8 Å². The van der Waals surface area contributed by atoms with Crippen LogP contribution in [0.3, 0.4) is 0 Å². The van der Waals surface area contributed by atoms with Crippen LogP contribution in [-0.2, 0) is 33.6 Å². The van der Waals surface area contributed by atoms with E-state index in [0.29, 0.717) is 87.6 Å². The van der Waals surface area contributed by atoms with Gasteiger partial charge in [0.2, 0.25) is 17.7 Å². The van der Waals surface area contributed by atoms with Crippen LogP contribution in [0, 0.1) is 6.92 Å². The lowest BCUT2D eigenvalue weighted by Gasteiger charge is -2.11. The first-order valence-electron chi connectivity index (χ1n) is 34.3. The number of amides is 6. The minimum Gasteiger partial charge on any atom is -0.323 e. The molecule has 12 aromatic rings. The van der Waals surface area contributed by atoms with Crippen LogP contribution in [-0.4, -0.2) is 80.3 Å². The number of carbonyl (C=O) groups excluding carboxylic acids is 6. The summed E-state index contributed by atoms with van der Waals surface area (Å²) < 4.78 is 0. The van der Waals surface area contributed by atoms with E-state index in [4.69, 9.17) is 4.98 Å². The average Bonchev–Trinajstić information content (AvgIpc) is 0.848. The van der Waals surface area contributed by atoms with E-state index in [0.717, 1.165) is 75.3 Å². The molecule has 0 spiro atoms. The van der Waals surface area contributed by atoms with Crippen molar-refractivity contribution in [1.29, 1.82) is 0 Å². The molecule has 0 saturated heterocycles. The Bertz CT molecular complexity index is 4850. The highest BCUT2D eigenvalue weighted by molar-refractivity contribution is 6.07. The Kier molecular flexibility index (Phi) is 27.3. The molecule has 6 aromatic heterocycles. The Morgan fingerprint density at radius 3 is 0.991 bits per heavy atom. The molecule has 528 valence electrons. The molecule has 0 unspecified atom stereocenters. The smallest absolute Gasteiger partial charge is 0.255 e. The summed E-state index contributed by atoms with van der Waals surface area (Å²) in [6, 6.07) is 58.4. The van der Waals surface area contributed by atoms with Crippen molar-refractivity contribution in [2.24, 2.45) is 0 Å². The summed E-state index contributed by atoms with van der Waals surface area (Å²) in [6.07, 6.45) is 29.5. The lowest BCUT2D eigenvalue weighted by atomic mass is 10.0. The summed E-state index contributed by atoms with van der Waals surface area (Å²) in [5.41, 5.74) is 14.7. The van der Waals surface area contributed by atoms with Crippen molar-refractivity contribution in [3.05, 3.63) is 343 Å². The van der Waals surface area contributed by atoms with Crippen LogP contribution in [0.4, 0.5) is 34.1 Å². The monoisotopic (exact) mass is 1400 g/mol. The van der Waals surface area contributed by atoms with Crippen LogP contribution in [0.25, 0.3) is 33.8 Å². The molecule has 0 aliphatic rings. The van der Waals surface area contributed by atoms with E-state index in [-0.39, 0.29) is 35.4 Å². The van der Waals surface area contributed by atoms with Crippen molar-refractivity contribution in [3.63, 3.8) is 0 Å². The quantitative estimate of drug-likeness (QED) is 0.0307. The number of carbonyl (C=O) groups is 6. The van der Waals surface area contributed by atoms with Crippen LogP contribution in [0.15, 0.2) is 286 Å². The van der Waals surface area contributed by atoms with E-state index in [1.165, 1.54) is 18.2 Å². The predicted molar refractivity (Wildman–Crippen MR) is 416 cm³/mol. The van der Waals surface area contributed by atoms with E-state index in [9.17, 15) is 28.8 Å². The fourth-order valence-corrected chi connectivity index (χ4v) is 10.4. The second-order valence-electron chi connectivity index (χ2n) is 23.9. The van der Waals surface area contributed by atoms with Gasteiger partial charge in [-0.15, -0.1) is 0 Å². The van der Waals surface area contributed by atoms with E-state index in [1.807, 2.05) is 149 Å². The molecule has 6 heterocycles. The van der Waals surface area contributed by atoms with Crippen molar-refractivity contribution in [2.75, 3.05) is 31.9 Å². The Morgan fingerprint density at radius 1 is 0.330 bits per heavy atom. The summed E-state index contributed by atoms with van der Waals surface area (Å²) in [6.45, 7) is 7.90. The summed E-state index contributed by atoms with van der Waals surface area (Å²) in [7, 11) is 0. The lowest BCUT2D eigenvalue weighted by molar-refractivity contribution is -0.112. The fourth-order valence-electron chi connectivity index (χ4n) is 10.4. The molecule has 6 N–H and O–H groups in total. The largest absolute Gasteiger partial charge is 0.323 e. The molecule has 21 heteroatoms. The van der Waals surface area contributed by atoms with Gasteiger partial charge in [0.25, 0.3) is 17.7 Å². The summed E-state index contributed by atoms with van der Waals surface area (Å²) in [5, 5.41) is 17.1. The van der Waals surface area contributed by atoms with Gasteiger partial charge in [-0.25, -0.2) is 29.9 Å². The van der Waals surface area contributed by atoms with E-state index < -0.39 is 0 Å². The first kappa shape index (κ1) is 74.7. The molecule has 0 radical (unpaired) electrons. The van der Waals surface area contributed by atoms with Gasteiger partial charge in [0.1, 0.15) is 17.5 Å². The fraction of sp³-hybridized carbons (Fsp3) is 0.118. The average molecular weight is 1400 g/mol. The van der Waals surface area contributed by atoms with Crippen LogP contribution in [0.5, 0.6) is 0 Å². The Balaban J connectivity index is 0.000000170. The number of nitrogens with zero attached hydrogens (tertiary/aromatic N) is 9. The number of allylic oxidation sites excluding steroid dienone is 3. The number of pyridine rings is 3. The van der Waals surface area contributed by atoms with Gasteiger partial charge in [0.05, 0.1) is 17.1 Å². The topological polar surface area (TPSA) is 291 Å². The van der Waals surface area contributed by atoms with Crippen LogP contribution in [0.1, 0.15) is 111 Å². The van der Waals surface area contributed by atoms with Gasteiger partial charge in [0, 0.05) is 143 Å². The normalized spacial score (nSPS) is 10.8. The molecule has 0 aliphatic carbocycles. The maximum absolute atomic E-state index is 12.8. The maximum Gasteiger partial charge on any atom is 0.255 e. The summed E-state index contributed by atoms with van der Waals surface area (Å²) >= 11 is 0. The highest BCUT2D eigenvalue weighted by Crippen LogP contribution is 2.25. The second-order valence-corrected chi connectivity index (χ2v) is 23.9. The molecule has 12 rings (SSSR count). The number of benzene rings is 6. The Hall–Kier alpha value is -14.0. The van der Waals surface area contributed by atoms with Crippen LogP contribution in [0.2, 0.25) is 0 Å². The van der Waals surface area contributed by atoms with E-state index in [1.54, 1.807) is 147 Å². The van der Waals surface area contributed by atoms with Crippen molar-refractivity contribution >= 4 is 69.6 Å². The molecule has 21 nitrogen and oxygen atoms in total. The zero-order valence-corrected chi connectivity index (χ0v) is 58.9. The van der Waals surface area contributed by atoms with Gasteiger partial charge >= 0.3 is 0 Å². The molecule has 6 amide bonds. The minimum absolute atomic E-state index is 0.198. The number of aromatic nitrogens is 9. The van der Waals surface area contributed by atoms with Crippen LogP contribution >= 0.6 is 0 Å². The van der Waals surface area contributed by atoms with Crippen molar-refractivity contribution in [1.82, 2.24) is 44.9 Å². The third-order valence-corrected chi connectivity index (χ3v) is 15.8. The number of anilines is 6. The van der Waals surface area contributed by atoms with Crippen molar-refractivity contribution < 1.29 is 28.8 Å². The molecule has 6 aromatic carbocycles. The van der Waals surface area contributed by atoms with Gasteiger partial charge in [-0.05, 0) is 230 Å². The number of hydrogen-bond donors (Lipinski definition) is 6. The number of hydrogen-bond acceptors (Lipinski definition) is 15. The highest BCUT2D eigenvalue weighted by atomic mass is 16.2. The lowest BCUT2D eigenvalue weighted by Crippen LogP contribution is -2.13. The Labute approximate surface area is 614 Å². The summed E-state index contributed by atoms with van der Waals surface area (Å²) in [4.78, 5) is 113. The molecule has 0 atom stereocenters. The zero-order valence-electron chi connectivity index (χ0n) is 58.9. The number of rotatable bonds is 24. The first-order chi connectivity index (χ1) is 51.7. The maximum atomic E-state index is 12.8. The minimum atomic E-state index is -0.235. The van der Waals surface area contributed by atoms with Gasteiger partial charge < -0.3 is 31.9 Å². The second kappa shape index (κ2) is 38.7. The van der Waals surface area contributed by atoms with E-state index >= 15 is 0 Å². The van der Waals surface area contributed by atoms with Crippen LogP contribution < -0.4 is 31.9 Å². The van der Waals surface area contributed by atoms with Gasteiger partial charge in [-0.1, -0.05) is 69.3 Å². The number of aryl methyl sites for hydroxylation is 1. The molecule has 0 fully saturated rings. The SMILES string of the molecule is CC/C=C/C(=O)Nc1ccc(C(=O)Nc2ccc(C)c(Cc3nccc(-c4cccnc4)n3)c2)cc1.CC/C=C/C(=O)Nc1ccc(C(=O)Nc2cccc(Cc3nccc(-c4cccnc4)n3)c2)cc1.CC/C=C/C(=O)Nc1ccc(C(=O)Nc2cccc(Cc3nccc(-c4cccnc4)n3)c2)cc1. The molecule has 0 bridgehead atoms. The zero-order chi connectivity index (χ0) is 74.2. The standard InChI is InChI=1S/C29H27N5O2.2C28H25N5O2/c1-3-4-7-28(35)32-24-12-9-21(10-13-24)29(36)33-25-11-8-20(2)23(17-25)18-27-31-16-14-26(34-27)22-6-5-15-30-19-22;2*1-2-3-9-27(34)31-23-12-10-21(11-13-23)28(35)32-24-8-4-6-20(17-24)18-26-30-16-14-25(33-26)22-7-5-15-29-19-22/h4-17,19H,3,18H2,1-2H3,(H,32,35)(H,33,36);2*3-17,19H,2,18H2,1H3,(H,31,34)(H,32,35)/b7-4+;2*9-3+. The highest BCUT2D eigenvalue weighted by Gasteiger charge is 2.15. The Morgan fingerprint density at radius 2 is 0.660 bits per heavy atom. The third kappa shape index (κ3) is 23.3. The molecule has 106 heavy (non-hydrogen) atoms. The molecular formula is C85H77N15O6.